The van der Waals surface area contributed by atoms with E-state index in [1.54, 1.807) is 66.7 Å². The van der Waals surface area contributed by atoms with Gasteiger partial charge in [-0.25, -0.2) is 4.79 Å². The average Bonchev–Trinajstić information content (AvgIpc) is 2.80. The van der Waals surface area contributed by atoms with Crippen molar-refractivity contribution in [1.82, 2.24) is 0 Å². The van der Waals surface area contributed by atoms with Crippen LogP contribution in [0.4, 0.5) is 5.69 Å². The Balaban J connectivity index is 1.51. The molecule has 0 bridgehead atoms. The highest BCUT2D eigenvalue weighted by atomic mass is 35.5. The van der Waals surface area contributed by atoms with Crippen LogP contribution in [0.1, 0.15) is 23.6 Å². The summed E-state index contributed by atoms with van der Waals surface area (Å²) < 4.78 is 10.9. The number of carbonyl (C=O) groups is 2. The summed E-state index contributed by atoms with van der Waals surface area (Å²) in [6.45, 7) is 3.57. The van der Waals surface area contributed by atoms with Gasteiger partial charge in [0.2, 0.25) is 0 Å². The van der Waals surface area contributed by atoms with Crippen LogP contribution in [0.15, 0.2) is 66.7 Å². The smallest absolute Gasteiger partial charge is 0.331 e. The van der Waals surface area contributed by atoms with Gasteiger partial charge in [-0.1, -0.05) is 59.1 Å². The summed E-state index contributed by atoms with van der Waals surface area (Å²) in [6, 6.07) is 17.5. The summed E-state index contributed by atoms with van der Waals surface area (Å²) in [7, 11) is 0. The number of hydrogen-bond donors (Lipinski definition) is 1. The molecule has 0 aliphatic rings. The Kier molecular flexibility index (Phi) is 8.99. The Bertz CT molecular complexity index is 1190. The SMILES string of the molecule is Cc1ccc(Cl)cc1NC(=O)C(C)OC(=O)/C=C/c1ccc(OCc2c(Cl)cccc2Cl)cc1. The Morgan fingerprint density at radius 3 is 2.35 bits per heavy atom. The molecule has 3 rings (SSSR count). The number of nitrogens with one attached hydrogen (secondary N) is 1. The van der Waals surface area contributed by atoms with Crippen molar-refractivity contribution in [2.24, 2.45) is 0 Å². The molecule has 0 radical (unpaired) electrons. The largest absolute Gasteiger partial charge is 0.489 e. The van der Waals surface area contributed by atoms with Gasteiger partial charge >= 0.3 is 5.97 Å². The lowest BCUT2D eigenvalue weighted by Crippen LogP contribution is -2.29. The van der Waals surface area contributed by atoms with Crippen molar-refractivity contribution < 1.29 is 19.1 Å². The lowest BCUT2D eigenvalue weighted by Gasteiger charge is -2.14. The molecule has 1 unspecified atom stereocenters. The van der Waals surface area contributed by atoms with Gasteiger partial charge in [0, 0.05) is 32.4 Å². The van der Waals surface area contributed by atoms with Crippen LogP contribution in [0.5, 0.6) is 5.75 Å². The fourth-order valence-electron chi connectivity index (χ4n) is 2.90. The van der Waals surface area contributed by atoms with Gasteiger partial charge in [-0.05, 0) is 67.4 Å². The van der Waals surface area contributed by atoms with E-state index in [9.17, 15) is 9.59 Å². The normalized spacial score (nSPS) is 11.8. The molecular weight excluding hydrogens is 497 g/mol. The van der Waals surface area contributed by atoms with Crippen LogP contribution < -0.4 is 10.1 Å². The van der Waals surface area contributed by atoms with E-state index >= 15 is 0 Å². The first-order valence-electron chi connectivity index (χ1n) is 10.3. The van der Waals surface area contributed by atoms with Crippen LogP contribution in [-0.2, 0) is 20.9 Å². The molecule has 0 aromatic heterocycles. The van der Waals surface area contributed by atoms with Gasteiger partial charge in [-0.3, -0.25) is 4.79 Å². The maximum atomic E-state index is 12.3. The average molecular weight is 519 g/mol. The van der Waals surface area contributed by atoms with E-state index in [0.717, 1.165) is 11.1 Å². The van der Waals surface area contributed by atoms with E-state index in [-0.39, 0.29) is 6.61 Å². The van der Waals surface area contributed by atoms with E-state index in [1.165, 1.54) is 13.0 Å². The van der Waals surface area contributed by atoms with Gasteiger partial charge in [-0.2, -0.15) is 0 Å². The highest BCUT2D eigenvalue weighted by Crippen LogP contribution is 2.26. The summed E-state index contributed by atoms with van der Waals surface area (Å²) in [5, 5.41) is 4.29. The Morgan fingerprint density at radius 2 is 1.68 bits per heavy atom. The van der Waals surface area contributed by atoms with Gasteiger partial charge in [0.1, 0.15) is 12.4 Å². The summed E-state index contributed by atoms with van der Waals surface area (Å²) in [5.41, 5.74) is 2.88. The third kappa shape index (κ3) is 7.26. The molecule has 0 saturated heterocycles. The van der Waals surface area contributed by atoms with Crippen LogP contribution >= 0.6 is 34.8 Å². The number of benzene rings is 3. The van der Waals surface area contributed by atoms with Crippen LogP contribution in [-0.4, -0.2) is 18.0 Å². The fourth-order valence-corrected chi connectivity index (χ4v) is 3.57. The minimum Gasteiger partial charge on any atom is -0.489 e. The lowest BCUT2D eigenvalue weighted by molar-refractivity contribution is -0.148. The monoisotopic (exact) mass is 517 g/mol. The van der Waals surface area contributed by atoms with Crippen molar-refractivity contribution in [3.05, 3.63) is 98.5 Å². The molecule has 5 nitrogen and oxygen atoms in total. The van der Waals surface area contributed by atoms with Gasteiger partial charge in [0.15, 0.2) is 6.10 Å². The van der Waals surface area contributed by atoms with Gasteiger partial charge in [-0.15, -0.1) is 0 Å². The Hall–Kier alpha value is -2.99. The number of hydrogen-bond acceptors (Lipinski definition) is 4. The molecular formula is C26H22Cl3NO4. The number of carbonyl (C=O) groups excluding carboxylic acids is 2. The fraction of sp³-hybridized carbons (Fsp3) is 0.154. The molecule has 0 aliphatic heterocycles. The topological polar surface area (TPSA) is 64.6 Å². The molecule has 176 valence electrons. The maximum Gasteiger partial charge on any atom is 0.331 e. The summed E-state index contributed by atoms with van der Waals surface area (Å²) in [4.78, 5) is 24.5. The summed E-state index contributed by atoms with van der Waals surface area (Å²) in [5.74, 6) is -0.469. The second-order valence-electron chi connectivity index (χ2n) is 7.42. The molecule has 0 spiro atoms. The van der Waals surface area contributed by atoms with Crippen LogP contribution in [0.3, 0.4) is 0 Å². The van der Waals surface area contributed by atoms with Crippen molar-refractivity contribution in [1.29, 1.82) is 0 Å². The number of esters is 1. The highest BCUT2D eigenvalue weighted by Gasteiger charge is 2.17. The Labute approximate surface area is 213 Å². The molecule has 3 aromatic rings. The minimum absolute atomic E-state index is 0.231. The molecule has 1 N–H and O–H groups in total. The van der Waals surface area contributed by atoms with E-state index in [4.69, 9.17) is 44.3 Å². The Morgan fingerprint density at radius 1 is 1.00 bits per heavy atom. The van der Waals surface area contributed by atoms with Crippen molar-refractivity contribution in [2.75, 3.05) is 5.32 Å². The van der Waals surface area contributed by atoms with Crippen LogP contribution in [0.2, 0.25) is 15.1 Å². The molecule has 1 amide bonds. The first-order valence-corrected chi connectivity index (χ1v) is 11.5. The third-order valence-electron chi connectivity index (χ3n) is 4.86. The predicted molar refractivity (Wildman–Crippen MR) is 137 cm³/mol. The quantitative estimate of drug-likeness (QED) is 0.255. The second kappa shape index (κ2) is 11.9. The van der Waals surface area contributed by atoms with Gasteiger partial charge in [0.25, 0.3) is 5.91 Å². The van der Waals surface area contributed by atoms with E-state index in [0.29, 0.717) is 32.1 Å². The van der Waals surface area contributed by atoms with Gasteiger partial charge in [0.05, 0.1) is 0 Å². The van der Waals surface area contributed by atoms with Crippen molar-refractivity contribution >= 4 is 58.4 Å². The van der Waals surface area contributed by atoms with Crippen molar-refractivity contribution in [3.63, 3.8) is 0 Å². The maximum absolute atomic E-state index is 12.3. The summed E-state index contributed by atoms with van der Waals surface area (Å²) >= 11 is 18.3. The molecule has 0 saturated carbocycles. The minimum atomic E-state index is -0.983. The van der Waals surface area contributed by atoms with Gasteiger partial charge < -0.3 is 14.8 Å². The second-order valence-corrected chi connectivity index (χ2v) is 8.67. The van der Waals surface area contributed by atoms with Crippen LogP contribution in [0.25, 0.3) is 6.08 Å². The lowest BCUT2D eigenvalue weighted by atomic mass is 10.2. The third-order valence-corrected chi connectivity index (χ3v) is 5.80. The van der Waals surface area contributed by atoms with Crippen LogP contribution in [0, 0.1) is 6.92 Å². The molecule has 0 fully saturated rings. The van der Waals surface area contributed by atoms with E-state index < -0.39 is 18.0 Å². The molecule has 0 heterocycles. The molecule has 34 heavy (non-hydrogen) atoms. The zero-order valence-electron chi connectivity index (χ0n) is 18.5. The first-order chi connectivity index (χ1) is 16.2. The van der Waals surface area contributed by atoms with E-state index in [1.807, 2.05) is 6.92 Å². The predicted octanol–water partition coefficient (Wildman–Crippen LogP) is 7.12. The number of aryl methyl sites for hydroxylation is 1. The molecule has 8 heteroatoms. The van der Waals surface area contributed by atoms with Crippen molar-refractivity contribution in [2.45, 2.75) is 26.6 Å². The molecule has 0 aliphatic carbocycles. The number of anilines is 1. The number of ether oxygens (including phenoxy) is 2. The standard InChI is InChI=1S/C26H22Cl3NO4/c1-16-6-10-19(27)14-24(16)30-26(32)17(2)34-25(31)13-9-18-7-11-20(12-8-18)33-15-21-22(28)4-3-5-23(21)29/h3-14,17H,15H2,1-2H3,(H,30,32)/b13-9+. The summed E-state index contributed by atoms with van der Waals surface area (Å²) in [6.07, 6.45) is 1.86. The van der Waals surface area contributed by atoms with Crippen molar-refractivity contribution in [3.8, 4) is 5.75 Å². The number of amides is 1. The zero-order valence-corrected chi connectivity index (χ0v) is 20.7. The number of halogens is 3. The van der Waals surface area contributed by atoms with E-state index in [2.05, 4.69) is 5.32 Å². The first kappa shape index (κ1) is 25.6. The number of rotatable bonds is 8. The molecule has 3 aromatic carbocycles. The highest BCUT2D eigenvalue weighted by molar-refractivity contribution is 6.36. The molecule has 1 atom stereocenters. The zero-order chi connectivity index (χ0) is 24.7.